The topological polar surface area (TPSA) is 46.0 Å². The molecule has 0 bridgehead atoms. The first-order valence-corrected chi connectivity index (χ1v) is 34.9. The Bertz CT molecular complexity index is 7250. The molecule has 6 nitrogen and oxygen atoms in total. The highest BCUT2D eigenvalue weighted by molar-refractivity contribution is 6.17. The van der Waals surface area contributed by atoms with Gasteiger partial charge < -0.3 is 27.1 Å². The summed E-state index contributed by atoms with van der Waals surface area (Å²) < 4.78 is 23.3. The average molecular weight is 1300 g/mol. The van der Waals surface area contributed by atoms with Gasteiger partial charge in [0, 0.05) is 92.9 Å². The second kappa shape index (κ2) is 21.9. The first-order chi connectivity index (χ1) is 50.6. The third-order valence-corrected chi connectivity index (χ3v) is 21.5. The van der Waals surface area contributed by atoms with Crippen molar-refractivity contribution in [2.24, 2.45) is 0 Å². The lowest BCUT2D eigenvalue weighted by Crippen LogP contribution is -1.96. The Balaban J connectivity index is 0.682. The van der Waals surface area contributed by atoms with E-state index in [1.807, 2.05) is 6.07 Å². The van der Waals surface area contributed by atoms with E-state index in [1.165, 1.54) is 59.8 Å². The van der Waals surface area contributed by atoms with Crippen molar-refractivity contribution < 1.29 is 8.83 Å². The van der Waals surface area contributed by atoms with Crippen molar-refractivity contribution in [3.8, 4) is 78.4 Å². The fourth-order valence-electron chi connectivity index (χ4n) is 16.9. The van der Waals surface area contributed by atoms with Gasteiger partial charge in [0.25, 0.3) is 0 Å². The number of aromatic nitrogens is 4. The van der Waals surface area contributed by atoms with Gasteiger partial charge in [0.15, 0.2) is 0 Å². The molecule has 0 saturated carbocycles. The number of rotatable bonds is 9. The maximum atomic E-state index is 6.99. The lowest BCUT2D eigenvalue weighted by molar-refractivity contribution is 0.669. The number of para-hydroxylation sites is 8. The maximum absolute atomic E-state index is 6.99. The standard InChI is InChI=1S/C96H58N4O2/c1-3-22-66(23-4-1)97-85-35-12-7-28-71(85)75-45-40-61(53-89(75)97)62-41-46-76-73-30-9-14-37-87(73)99(90(76)54-62)68-26-17-20-59(50-68)60-44-49-94-84(52-60)79-48-43-65(56-95(79)101-94)81-57-83-74-31-10-15-38-88(74)100(69-27-18-21-63(51-69)70-33-19-34-80-78-32-11-16-39-93(78)102-96(70)80)92(83)58-82(81)64-42-47-77-72-29-8-13-36-86(72)98(91(77)55-64)67-24-5-2-6-25-67/h1-58H. The molecule has 16 aromatic carbocycles. The van der Waals surface area contributed by atoms with Gasteiger partial charge in [0.1, 0.15) is 22.3 Å². The van der Waals surface area contributed by atoms with Gasteiger partial charge in [-0.05, 0) is 184 Å². The van der Waals surface area contributed by atoms with Crippen LogP contribution in [0.3, 0.4) is 0 Å². The third kappa shape index (κ3) is 8.47. The maximum Gasteiger partial charge on any atom is 0.143 e. The molecule has 22 rings (SSSR count). The molecule has 0 aliphatic heterocycles. The van der Waals surface area contributed by atoms with Gasteiger partial charge in [-0.15, -0.1) is 0 Å². The van der Waals surface area contributed by atoms with Gasteiger partial charge in [-0.2, -0.15) is 0 Å². The molecule has 474 valence electrons. The molecule has 0 amide bonds. The molecule has 0 aliphatic carbocycles. The van der Waals surface area contributed by atoms with Crippen molar-refractivity contribution in [2.75, 3.05) is 0 Å². The first-order valence-electron chi connectivity index (χ1n) is 34.9. The summed E-state index contributed by atoms with van der Waals surface area (Å²) in [4.78, 5) is 0. The molecule has 22 aromatic rings. The molecular formula is C96H58N4O2. The van der Waals surface area contributed by atoms with E-state index < -0.39 is 0 Å². The second-order valence-electron chi connectivity index (χ2n) is 27.1. The summed E-state index contributed by atoms with van der Waals surface area (Å²) in [5.74, 6) is 0. The molecule has 0 saturated heterocycles. The van der Waals surface area contributed by atoms with E-state index in [4.69, 9.17) is 8.83 Å². The monoisotopic (exact) mass is 1300 g/mol. The minimum Gasteiger partial charge on any atom is -0.456 e. The minimum atomic E-state index is 0.833. The Hall–Kier alpha value is -13.7. The fraction of sp³-hybridized carbons (Fsp3) is 0. The molecule has 0 unspecified atom stereocenters. The van der Waals surface area contributed by atoms with Crippen LogP contribution in [0.15, 0.2) is 361 Å². The normalized spacial score (nSPS) is 12.1. The third-order valence-electron chi connectivity index (χ3n) is 21.5. The quantitative estimate of drug-likeness (QED) is 0.145. The van der Waals surface area contributed by atoms with Crippen LogP contribution < -0.4 is 0 Å². The van der Waals surface area contributed by atoms with Crippen LogP contribution in [0.4, 0.5) is 0 Å². The Morgan fingerprint density at radius 2 is 0.520 bits per heavy atom. The van der Waals surface area contributed by atoms with Crippen LogP contribution in [-0.2, 0) is 0 Å². The fourth-order valence-corrected chi connectivity index (χ4v) is 16.9. The SMILES string of the molecule is c1ccc(-n2c3ccccc3c3ccc(-c4ccc5c6ccccc6n(-c6cccc(-c7ccc8oc9cc(-c%10cc%11c%12ccccc%12n(-c%12cccc(-c%13cccc%14c%13oc%13ccccc%13%14)c%12)c%11cc%10-c%10ccc%11c%12ccccc%12n(-c%12ccccc%12)c%11c%10)ccc9c8c7)c6)c5c4)cc32)cc1. The molecule has 0 fully saturated rings. The van der Waals surface area contributed by atoms with Gasteiger partial charge in [0.05, 0.1) is 44.1 Å². The highest BCUT2D eigenvalue weighted by atomic mass is 16.3. The molecule has 102 heavy (non-hydrogen) atoms. The van der Waals surface area contributed by atoms with E-state index in [2.05, 4.69) is 364 Å². The smallest absolute Gasteiger partial charge is 0.143 e. The van der Waals surface area contributed by atoms with Crippen LogP contribution in [-0.4, -0.2) is 18.3 Å². The molecule has 0 radical (unpaired) electrons. The summed E-state index contributed by atoms with van der Waals surface area (Å²) >= 11 is 0. The van der Waals surface area contributed by atoms with E-state index >= 15 is 0 Å². The summed E-state index contributed by atoms with van der Waals surface area (Å²) in [5, 5.41) is 14.0. The van der Waals surface area contributed by atoms with Crippen molar-refractivity contribution >= 4 is 131 Å². The first kappa shape index (κ1) is 56.3. The highest BCUT2D eigenvalue weighted by Gasteiger charge is 2.24. The van der Waals surface area contributed by atoms with Crippen LogP contribution >= 0.6 is 0 Å². The van der Waals surface area contributed by atoms with Crippen LogP contribution in [0, 0.1) is 0 Å². The number of furan rings is 2. The van der Waals surface area contributed by atoms with Crippen LogP contribution in [0.5, 0.6) is 0 Å². The van der Waals surface area contributed by atoms with E-state index in [1.54, 1.807) is 0 Å². The number of hydrogen-bond acceptors (Lipinski definition) is 2. The van der Waals surface area contributed by atoms with Crippen LogP contribution in [0.2, 0.25) is 0 Å². The number of benzene rings is 16. The van der Waals surface area contributed by atoms with Crippen molar-refractivity contribution in [1.82, 2.24) is 18.3 Å². The van der Waals surface area contributed by atoms with E-state index in [-0.39, 0.29) is 0 Å². The van der Waals surface area contributed by atoms with Gasteiger partial charge >= 0.3 is 0 Å². The number of nitrogens with zero attached hydrogens (tertiary/aromatic N) is 4. The van der Waals surface area contributed by atoms with Gasteiger partial charge in [0.2, 0.25) is 0 Å². The average Bonchev–Trinajstić information content (AvgIpc) is 1.56. The zero-order valence-corrected chi connectivity index (χ0v) is 55.1. The number of fused-ring (bicyclic) bond motifs is 18. The molecule has 0 aliphatic rings. The summed E-state index contributed by atoms with van der Waals surface area (Å²) in [5.41, 5.74) is 28.3. The summed E-state index contributed by atoms with van der Waals surface area (Å²) in [6, 6.07) is 129. The lowest BCUT2D eigenvalue weighted by Gasteiger charge is -2.15. The Labute approximate surface area is 584 Å². The minimum absolute atomic E-state index is 0.833. The van der Waals surface area contributed by atoms with Crippen molar-refractivity contribution in [1.29, 1.82) is 0 Å². The molecular weight excluding hydrogens is 1240 g/mol. The molecule has 0 spiro atoms. The zero-order chi connectivity index (χ0) is 66.7. The molecule has 6 heteroatoms. The van der Waals surface area contributed by atoms with Gasteiger partial charge in [-0.25, -0.2) is 0 Å². The molecule has 0 atom stereocenters. The van der Waals surface area contributed by atoms with Crippen LogP contribution in [0.1, 0.15) is 0 Å². The Morgan fingerprint density at radius 3 is 1.12 bits per heavy atom. The summed E-state index contributed by atoms with van der Waals surface area (Å²) in [6.45, 7) is 0. The van der Waals surface area contributed by atoms with Crippen LogP contribution in [0.25, 0.3) is 209 Å². The predicted molar refractivity (Wildman–Crippen MR) is 426 cm³/mol. The molecule has 6 aromatic heterocycles. The number of hydrogen-bond donors (Lipinski definition) is 0. The lowest BCUT2D eigenvalue weighted by atomic mass is 9.91. The summed E-state index contributed by atoms with van der Waals surface area (Å²) in [7, 11) is 0. The van der Waals surface area contributed by atoms with Gasteiger partial charge in [-0.1, -0.05) is 218 Å². The molecule has 0 N–H and O–H groups in total. The largest absolute Gasteiger partial charge is 0.456 e. The van der Waals surface area contributed by atoms with E-state index in [9.17, 15) is 0 Å². The Morgan fingerprint density at radius 1 is 0.157 bits per heavy atom. The predicted octanol–water partition coefficient (Wildman–Crippen LogP) is 26.2. The van der Waals surface area contributed by atoms with Gasteiger partial charge in [-0.3, -0.25) is 0 Å². The molecule has 6 heterocycles. The summed E-state index contributed by atoms with van der Waals surface area (Å²) in [6.07, 6.45) is 0. The second-order valence-corrected chi connectivity index (χ2v) is 27.1. The zero-order valence-electron chi connectivity index (χ0n) is 55.1. The van der Waals surface area contributed by atoms with Crippen molar-refractivity contribution in [3.63, 3.8) is 0 Å². The highest BCUT2D eigenvalue weighted by Crippen LogP contribution is 2.47. The van der Waals surface area contributed by atoms with E-state index in [0.29, 0.717) is 0 Å². The van der Waals surface area contributed by atoms with Crippen molar-refractivity contribution in [2.45, 2.75) is 0 Å². The van der Waals surface area contributed by atoms with E-state index in [0.717, 1.165) is 150 Å². The Kier molecular flexibility index (Phi) is 12.1. The van der Waals surface area contributed by atoms with Crippen molar-refractivity contribution in [3.05, 3.63) is 352 Å².